The lowest BCUT2D eigenvalue weighted by atomic mass is 9.96. The first-order valence-corrected chi connectivity index (χ1v) is 11.8. The van der Waals surface area contributed by atoms with Gasteiger partial charge in [-0.2, -0.15) is 0 Å². The smallest absolute Gasteiger partial charge is 0.232 e. The molecule has 0 bridgehead atoms. The highest BCUT2D eigenvalue weighted by molar-refractivity contribution is 7.92. The summed E-state index contributed by atoms with van der Waals surface area (Å²) in [7, 11) is -3.42. The largest absolute Gasteiger partial charge is 0.350 e. The van der Waals surface area contributed by atoms with Crippen LogP contribution in [0.25, 0.3) is 0 Å². The van der Waals surface area contributed by atoms with Crippen molar-refractivity contribution < 1.29 is 13.2 Å². The van der Waals surface area contributed by atoms with E-state index in [1.54, 1.807) is 6.07 Å². The fraction of sp³-hybridized carbons (Fsp3) is 0.435. The number of nitrogens with one attached hydrogen (secondary N) is 1. The van der Waals surface area contributed by atoms with Crippen molar-refractivity contribution in [2.45, 2.75) is 53.5 Å². The zero-order chi connectivity index (χ0) is 21.8. The van der Waals surface area contributed by atoms with E-state index in [1.165, 1.54) is 21.7 Å². The second-order valence-corrected chi connectivity index (χ2v) is 9.71. The number of para-hydroxylation sites is 1. The average molecular weight is 417 g/mol. The maximum atomic E-state index is 12.4. The van der Waals surface area contributed by atoms with Crippen LogP contribution in [0, 0.1) is 27.7 Å². The van der Waals surface area contributed by atoms with Gasteiger partial charge in [0.1, 0.15) is 0 Å². The molecule has 0 fully saturated rings. The third-order valence-corrected chi connectivity index (χ3v) is 6.46. The zero-order valence-electron chi connectivity index (χ0n) is 18.2. The third-order valence-electron chi connectivity index (χ3n) is 5.28. The van der Waals surface area contributed by atoms with Gasteiger partial charge in [0, 0.05) is 13.0 Å². The van der Waals surface area contributed by atoms with Crippen molar-refractivity contribution in [3.63, 3.8) is 0 Å². The summed E-state index contributed by atoms with van der Waals surface area (Å²) in [6.45, 7) is 10.3. The summed E-state index contributed by atoms with van der Waals surface area (Å²) in [4.78, 5) is 12.4. The van der Waals surface area contributed by atoms with Crippen molar-refractivity contribution in [3.05, 3.63) is 64.2 Å². The molecular formula is C23H32N2O3S. The van der Waals surface area contributed by atoms with E-state index >= 15 is 0 Å². The molecule has 0 saturated carbocycles. The lowest BCUT2D eigenvalue weighted by molar-refractivity contribution is -0.121. The number of aryl methyl sites for hydroxylation is 4. The van der Waals surface area contributed by atoms with Gasteiger partial charge in [-0.15, -0.1) is 0 Å². The van der Waals surface area contributed by atoms with Gasteiger partial charge < -0.3 is 5.32 Å². The summed E-state index contributed by atoms with van der Waals surface area (Å²) in [6.07, 6.45) is 1.92. The third kappa shape index (κ3) is 6.07. The van der Waals surface area contributed by atoms with Gasteiger partial charge in [-0.1, -0.05) is 30.3 Å². The fourth-order valence-corrected chi connectivity index (χ4v) is 4.56. The summed E-state index contributed by atoms with van der Waals surface area (Å²) in [5, 5.41) is 3.04. The van der Waals surface area contributed by atoms with Gasteiger partial charge in [0.15, 0.2) is 0 Å². The molecule has 5 nitrogen and oxygen atoms in total. The number of anilines is 1. The van der Waals surface area contributed by atoms with Crippen molar-refractivity contribution in [1.82, 2.24) is 5.32 Å². The molecule has 0 aliphatic rings. The summed E-state index contributed by atoms with van der Waals surface area (Å²) >= 11 is 0. The van der Waals surface area contributed by atoms with E-state index in [4.69, 9.17) is 0 Å². The first kappa shape index (κ1) is 22.9. The lowest BCUT2D eigenvalue weighted by Gasteiger charge is -2.24. The number of hydrogen-bond acceptors (Lipinski definition) is 3. The highest BCUT2D eigenvalue weighted by atomic mass is 32.2. The Hall–Kier alpha value is -2.34. The molecule has 1 unspecified atom stereocenters. The van der Waals surface area contributed by atoms with Crippen LogP contribution in [0.15, 0.2) is 36.4 Å². The van der Waals surface area contributed by atoms with Crippen LogP contribution in [0.5, 0.6) is 0 Å². The van der Waals surface area contributed by atoms with Crippen LogP contribution in [0.4, 0.5) is 5.69 Å². The van der Waals surface area contributed by atoms with Crippen molar-refractivity contribution >= 4 is 21.6 Å². The molecule has 1 N–H and O–H groups in total. The molecule has 2 rings (SSSR count). The Morgan fingerprint density at radius 2 is 1.62 bits per heavy atom. The van der Waals surface area contributed by atoms with Gasteiger partial charge in [0.25, 0.3) is 0 Å². The highest BCUT2D eigenvalue weighted by Gasteiger charge is 2.19. The van der Waals surface area contributed by atoms with Crippen LogP contribution in [-0.4, -0.2) is 27.1 Å². The van der Waals surface area contributed by atoms with E-state index < -0.39 is 10.0 Å². The minimum absolute atomic E-state index is 0.0756. The Bertz CT molecular complexity index is 984. The Morgan fingerprint density at radius 3 is 2.24 bits per heavy atom. The number of benzene rings is 2. The molecule has 0 spiro atoms. The lowest BCUT2D eigenvalue weighted by Crippen LogP contribution is -2.33. The van der Waals surface area contributed by atoms with Crippen molar-refractivity contribution in [1.29, 1.82) is 0 Å². The van der Waals surface area contributed by atoms with E-state index in [-0.39, 0.29) is 24.9 Å². The van der Waals surface area contributed by atoms with E-state index in [2.05, 4.69) is 38.2 Å². The molecule has 29 heavy (non-hydrogen) atoms. The number of nitrogens with zero attached hydrogens (tertiary/aromatic N) is 1. The predicted octanol–water partition coefficient (Wildman–Crippen LogP) is 4.34. The van der Waals surface area contributed by atoms with E-state index in [0.29, 0.717) is 12.1 Å². The van der Waals surface area contributed by atoms with Gasteiger partial charge >= 0.3 is 0 Å². The van der Waals surface area contributed by atoms with Gasteiger partial charge in [-0.25, -0.2) is 8.42 Å². The van der Waals surface area contributed by atoms with Gasteiger partial charge in [0.05, 0.1) is 18.0 Å². The van der Waals surface area contributed by atoms with Crippen LogP contribution in [0.3, 0.4) is 0 Å². The summed E-state index contributed by atoms with van der Waals surface area (Å²) in [5.74, 6) is -0.0756. The molecule has 6 heteroatoms. The van der Waals surface area contributed by atoms with Gasteiger partial charge in [0.2, 0.25) is 15.9 Å². The molecule has 2 aromatic rings. The van der Waals surface area contributed by atoms with Crippen LogP contribution in [0.2, 0.25) is 0 Å². The number of sulfonamides is 1. The zero-order valence-corrected chi connectivity index (χ0v) is 19.1. The molecule has 0 aliphatic heterocycles. The van der Waals surface area contributed by atoms with E-state index in [1.807, 2.05) is 32.0 Å². The van der Waals surface area contributed by atoms with Crippen LogP contribution >= 0.6 is 0 Å². The molecule has 0 saturated heterocycles. The Balaban J connectivity index is 1.99. The number of carbonyl (C=O) groups excluding carboxylic acids is 1. The molecule has 1 atom stereocenters. The quantitative estimate of drug-likeness (QED) is 0.696. The molecular weight excluding hydrogens is 384 g/mol. The molecule has 0 aliphatic carbocycles. The van der Waals surface area contributed by atoms with E-state index in [0.717, 1.165) is 16.7 Å². The predicted molar refractivity (Wildman–Crippen MR) is 120 cm³/mol. The van der Waals surface area contributed by atoms with Crippen LogP contribution < -0.4 is 9.62 Å². The van der Waals surface area contributed by atoms with Crippen molar-refractivity contribution in [3.8, 4) is 0 Å². The molecule has 158 valence electrons. The van der Waals surface area contributed by atoms with Gasteiger partial charge in [-0.3, -0.25) is 9.10 Å². The first-order valence-electron chi connectivity index (χ1n) is 9.91. The standard InChI is InChI=1S/C23H32N2O3S/c1-16-10-7-8-11-22(16)25(29(6,27)28)13-9-12-23(26)24-20(5)21-15-18(3)17(2)14-19(21)4/h7-8,10-11,14-15,20H,9,12-13H2,1-6H3,(H,24,26). The maximum absolute atomic E-state index is 12.4. The minimum atomic E-state index is -3.42. The van der Waals surface area contributed by atoms with Gasteiger partial charge in [-0.05, 0) is 74.9 Å². The van der Waals surface area contributed by atoms with Crippen LogP contribution in [0.1, 0.15) is 53.6 Å². The molecule has 0 aromatic heterocycles. The Morgan fingerprint density at radius 1 is 1.00 bits per heavy atom. The number of rotatable bonds is 8. The fourth-order valence-electron chi connectivity index (χ4n) is 3.53. The SMILES string of the molecule is Cc1cc(C)c(C(C)NC(=O)CCCN(c2ccccc2C)S(C)(=O)=O)cc1C. The van der Waals surface area contributed by atoms with E-state index in [9.17, 15) is 13.2 Å². The number of carbonyl (C=O) groups is 1. The minimum Gasteiger partial charge on any atom is -0.350 e. The topological polar surface area (TPSA) is 66.5 Å². The highest BCUT2D eigenvalue weighted by Crippen LogP contribution is 2.23. The normalized spacial score (nSPS) is 12.5. The summed E-state index contributed by atoms with van der Waals surface area (Å²) in [6, 6.07) is 11.5. The summed E-state index contributed by atoms with van der Waals surface area (Å²) in [5.41, 5.74) is 6.26. The maximum Gasteiger partial charge on any atom is 0.232 e. The van der Waals surface area contributed by atoms with Crippen molar-refractivity contribution in [2.75, 3.05) is 17.1 Å². The number of hydrogen-bond donors (Lipinski definition) is 1. The first-order chi connectivity index (χ1) is 13.5. The molecule has 1 amide bonds. The summed E-state index contributed by atoms with van der Waals surface area (Å²) < 4.78 is 25.9. The second-order valence-electron chi connectivity index (χ2n) is 7.81. The van der Waals surface area contributed by atoms with Crippen LogP contribution in [-0.2, 0) is 14.8 Å². The Kier molecular flexibility index (Phi) is 7.47. The average Bonchev–Trinajstić information content (AvgIpc) is 2.61. The monoisotopic (exact) mass is 416 g/mol. The number of amides is 1. The molecule has 0 heterocycles. The second kappa shape index (κ2) is 9.44. The molecule has 0 radical (unpaired) electrons. The Labute approximate surface area is 175 Å². The molecule has 2 aromatic carbocycles. The van der Waals surface area contributed by atoms with Crippen molar-refractivity contribution in [2.24, 2.45) is 0 Å².